The first-order valence-electron chi connectivity index (χ1n) is 7.70. The summed E-state index contributed by atoms with van der Waals surface area (Å²) in [5.41, 5.74) is 0. The summed E-state index contributed by atoms with van der Waals surface area (Å²) in [6.45, 7) is 3.74. The van der Waals surface area contributed by atoms with Gasteiger partial charge in [-0.15, -0.1) is 0 Å². The lowest BCUT2D eigenvalue weighted by Crippen LogP contribution is -2.44. The van der Waals surface area contributed by atoms with Crippen LogP contribution in [0.2, 0.25) is 0 Å². The van der Waals surface area contributed by atoms with E-state index in [0.717, 1.165) is 32.4 Å². The van der Waals surface area contributed by atoms with Gasteiger partial charge in [0.25, 0.3) is 0 Å². The number of sulfone groups is 1. The first kappa shape index (κ1) is 16.3. The molecule has 7 heteroatoms. The van der Waals surface area contributed by atoms with Crippen molar-refractivity contribution in [2.75, 3.05) is 31.1 Å². The summed E-state index contributed by atoms with van der Waals surface area (Å²) < 4.78 is 23.1. The number of hydrogen-bond acceptors (Lipinski definition) is 4. The summed E-state index contributed by atoms with van der Waals surface area (Å²) in [5, 5.41) is 0. The average Bonchev–Trinajstić information content (AvgIpc) is 2.80. The zero-order valence-corrected chi connectivity index (χ0v) is 13.4. The number of hydrogen-bond donors (Lipinski definition) is 0. The van der Waals surface area contributed by atoms with Crippen LogP contribution in [0.15, 0.2) is 0 Å². The highest BCUT2D eigenvalue weighted by atomic mass is 32.2. The molecule has 6 nitrogen and oxygen atoms in total. The minimum absolute atomic E-state index is 0.0322. The molecule has 2 saturated heterocycles. The highest BCUT2D eigenvalue weighted by Crippen LogP contribution is 2.19. The standard InChI is InChI=1S/C14H24N2O4S/c1-2-16(12-6-9-21(19,20)11-12)14(18)10-13(17)15-7-4-3-5-8-15/h12H,2-11H2,1H3. The average molecular weight is 316 g/mol. The number of piperidine rings is 1. The summed E-state index contributed by atoms with van der Waals surface area (Å²) in [6.07, 6.45) is 3.49. The van der Waals surface area contributed by atoms with Gasteiger partial charge in [-0.2, -0.15) is 0 Å². The number of rotatable bonds is 4. The highest BCUT2D eigenvalue weighted by molar-refractivity contribution is 7.91. The second-order valence-electron chi connectivity index (χ2n) is 5.85. The van der Waals surface area contributed by atoms with Crippen molar-refractivity contribution in [3.8, 4) is 0 Å². The Kier molecular flexibility index (Phi) is 5.24. The molecule has 2 fully saturated rings. The van der Waals surface area contributed by atoms with E-state index in [1.165, 1.54) is 0 Å². The fourth-order valence-corrected chi connectivity index (χ4v) is 4.88. The van der Waals surface area contributed by atoms with Crippen LogP contribution < -0.4 is 0 Å². The fourth-order valence-electron chi connectivity index (χ4n) is 3.15. The van der Waals surface area contributed by atoms with Gasteiger partial charge in [0.15, 0.2) is 9.84 Å². The number of carbonyl (C=O) groups excluding carboxylic acids is 2. The maximum Gasteiger partial charge on any atom is 0.232 e. The third-order valence-corrected chi connectivity index (χ3v) is 6.07. The Balaban J connectivity index is 1.92. The van der Waals surface area contributed by atoms with Gasteiger partial charge in [0.05, 0.1) is 11.5 Å². The largest absolute Gasteiger partial charge is 0.342 e. The molecule has 2 aliphatic rings. The van der Waals surface area contributed by atoms with Crippen LogP contribution in [0.3, 0.4) is 0 Å². The third-order valence-electron chi connectivity index (χ3n) is 4.32. The molecule has 2 aliphatic heterocycles. The van der Waals surface area contributed by atoms with Crippen molar-refractivity contribution in [3.63, 3.8) is 0 Å². The van der Waals surface area contributed by atoms with Gasteiger partial charge in [-0.05, 0) is 32.6 Å². The van der Waals surface area contributed by atoms with Crippen molar-refractivity contribution in [3.05, 3.63) is 0 Å². The Labute approximate surface area is 126 Å². The first-order valence-corrected chi connectivity index (χ1v) is 9.53. The van der Waals surface area contributed by atoms with Crippen molar-refractivity contribution in [1.82, 2.24) is 9.80 Å². The van der Waals surface area contributed by atoms with E-state index in [2.05, 4.69) is 0 Å². The van der Waals surface area contributed by atoms with Crippen LogP contribution in [0.1, 0.15) is 39.0 Å². The molecule has 0 radical (unpaired) electrons. The van der Waals surface area contributed by atoms with Gasteiger partial charge in [-0.3, -0.25) is 9.59 Å². The molecular formula is C14H24N2O4S. The second-order valence-corrected chi connectivity index (χ2v) is 8.08. The highest BCUT2D eigenvalue weighted by Gasteiger charge is 2.34. The molecular weight excluding hydrogens is 292 g/mol. The van der Waals surface area contributed by atoms with Crippen LogP contribution in [0.4, 0.5) is 0 Å². The maximum atomic E-state index is 12.3. The van der Waals surface area contributed by atoms with Gasteiger partial charge in [0.2, 0.25) is 11.8 Å². The van der Waals surface area contributed by atoms with E-state index >= 15 is 0 Å². The molecule has 1 unspecified atom stereocenters. The van der Waals surface area contributed by atoms with E-state index in [9.17, 15) is 18.0 Å². The number of nitrogens with zero attached hydrogens (tertiary/aromatic N) is 2. The predicted molar refractivity (Wildman–Crippen MR) is 79.5 cm³/mol. The lowest BCUT2D eigenvalue weighted by molar-refractivity contribution is -0.142. The summed E-state index contributed by atoms with van der Waals surface area (Å²) in [5.74, 6) is -0.194. The molecule has 21 heavy (non-hydrogen) atoms. The Hall–Kier alpha value is -1.11. The van der Waals surface area contributed by atoms with Crippen molar-refractivity contribution in [2.45, 2.75) is 45.1 Å². The van der Waals surface area contributed by atoms with Crippen LogP contribution >= 0.6 is 0 Å². The molecule has 0 bridgehead atoms. The molecule has 0 N–H and O–H groups in total. The van der Waals surface area contributed by atoms with E-state index < -0.39 is 9.84 Å². The van der Waals surface area contributed by atoms with Crippen LogP contribution in [0, 0.1) is 0 Å². The van der Waals surface area contributed by atoms with Crippen molar-refractivity contribution >= 4 is 21.7 Å². The maximum absolute atomic E-state index is 12.3. The number of likely N-dealkylation sites (tertiary alicyclic amines) is 1. The number of carbonyl (C=O) groups is 2. The summed E-state index contributed by atoms with van der Waals surface area (Å²) in [7, 11) is -3.02. The van der Waals surface area contributed by atoms with Crippen molar-refractivity contribution in [1.29, 1.82) is 0 Å². The van der Waals surface area contributed by atoms with Gasteiger partial charge in [-0.1, -0.05) is 0 Å². The zero-order chi connectivity index (χ0) is 15.5. The lowest BCUT2D eigenvalue weighted by Gasteiger charge is -2.30. The van der Waals surface area contributed by atoms with Crippen LogP contribution in [0.25, 0.3) is 0 Å². The van der Waals surface area contributed by atoms with Crippen molar-refractivity contribution < 1.29 is 18.0 Å². The lowest BCUT2D eigenvalue weighted by atomic mass is 10.1. The van der Waals surface area contributed by atoms with Gasteiger partial charge in [0.1, 0.15) is 6.42 Å². The third kappa shape index (κ3) is 4.18. The molecule has 2 amide bonds. The van der Waals surface area contributed by atoms with Gasteiger partial charge in [0, 0.05) is 25.7 Å². The monoisotopic (exact) mass is 316 g/mol. The fraction of sp³-hybridized carbons (Fsp3) is 0.857. The molecule has 2 heterocycles. The Morgan fingerprint density at radius 2 is 1.86 bits per heavy atom. The minimum atomic E-state index is -3.02. The van der Waals surface area contributed by atoms with Crippen LogP contribution in [-0.2, 0) is 19.4 Å². The molecule has 0 aromatic heterocycles. The summed E-state index contributed by atoms with van der Waals surface area (Å²) in [4.78, 5) is 27.8. The topological polar surface area (TPSA) is 74.8 Å². The normalized spacial score (nSPS) is 24.8. The molecule has 1 atom stereocenters. The molecule has 0 aliphatic carbocycles. The van der Waals surface area contributed by atoms with E-state index in [1.54, 1.807) is 9.80 Å². The van der Waals surface area contributed by atoms with Gasteiger partial charge < -0.3 is 9.80 Å². The predicted octanol–water partition coefficient (Wildman–Crippen LogP) is 0.425. The molecule has 0 aromatic carbocycles. The molecule has 0 saturated carbocycles. The van der Waals surface area contributed by atoms with E-state index in [4.69, 9.17) is 0 Å². The molecule has 0 aromatic rings. The Bertz CT molecular complexity index is 497. The van der Waals surface area contributed by atoms with E-state index in [-0.39, 0.29) is 35.8 Å². The van der Waals surface area contributed by atoms with Gasteiger partial charge in [-0.25, -0.2) is 8.42 Å². The van der Waals surface area contributed by atoms with Crippen molar-refractivity contribution in [2.24, 2.45) is 0 Å². The summed E-state index contributed by atoms with van der Waals surface area (Å²) in [6, 6.07) is -0.262. The Morgan fingerprint density at radius 1 is 1.19 bits per heavy atom. The minimum Gasteiger partial charge on any atom is -0.342 e. The molecule has 2 rings (SSSR count). The quantitative estimate of drug-likeness (QED) is 0.705. The SMILES string of the molecule is CCN(C(=O)CC(=O)N1CCCCC1)C1CCS(=O)(=O)C1. The van der Waals surface area contributed by atoms with E-state index in [1.807, 2.05) is 6.92 Å². The summed E-state index contributed by atoms with van der Waals surface area (Å²) >= 11 is 0. The van der Waals surface area contributed by atoms with E-state index in [0.29, 0.717) is 13.0 Å². The number of amides is 2. The van der Waals surface area contributed by atoms with Crippen LogP contribution in [0.5, 0.6) is 0 Å². The van der Waals surface area contributed by atoms with Gasteiger partial charge >= 0.3 is 0 Å². The smallest absolute Gasteiger partial charge is 0.232 e. The molecule has 0 spiro atoms. The van der Waals surface area contributed by atoms with Crippen LogP contribution in [-0.4, -0.2) is 67.2 Å². The second kappa shape index (κ2) is 6.77. The first-order chi connectivity index (χ1) is 9.93. The zero-order valence-electron chi connectivity index (χ0n) is 12.6. The molecule has 120 valence electrons. The Morgan fingerprint density at radius 3 is 2.38 bits per heavy atom.